The fourth-order valence-corrected chi connectivity index (χ4v) is 3.28. The zero-order valence-electron chi connectivity index (χ0n) is 4.70. The van der Waals surface area contributed by atoms with Crippen molar-refractivity contribution < 1.29 is 5.37 Å². The van der Waals surface area contributed by atoms with Gasteiger partial charge in [0, 0.05) is 0 Å². The summed E-state index contributed by atoms with van der Waals surface area (Å²) in [6.45, 7) is 0. The number of fused-ring (bicyclic) bond motifs is 1. The van der Waals surface area contributed by atoms with Crippen molar-refractivity contribution in [2.45, 2.75) is 0 Å². The van der Waals surface area contributed by atoms with Gasteiger partial charge in [0.25, 0.3) is 0 Å². The van der Waals surface area contributed by atoms with Gasteiger partial charge in [0.05, 0.1) is 0 Å². The van der Waals surface area contributed by atoms with Crippen LogP contribution < -0.4 is 5.37 Å². The monoisotopic (exact) mass is 313 g/mol. The van der Waals surface area contributed by atoms with Gasteiger partial charge in [-0.15, -0.1) is 0 Å². The summed E-state index contributed by atoms with van der Waals surface area (Å²) in [7, 11) is 0. The zero-order chi connectivity index (χ0) is 6.10. The summed E-state index contributed by atoms with van der Waals surface area (Å²) >= 11 is -1.25. The molecule has 0 saturated carbocycles. The van der Waals surface area contributed by atoms with E-state index < -0.39 is 25.1 Å². The summed E-state index contributed by atoms with van der Waals surface area (Å²) in [5, 5.41) is 0. The van der Waals surface area contributed by atoms with Gasteiger partial charge in [-0.3, -0.25) is 0 Å². The van der Waals surface area contributed by atoms with Gasteiger partial charge in [0.1, 0.15) is 0 Å². The van der Waals surface area contributed by atoms with E-state index in [4.69, 9.17) is 5.37 Å². The van der Waals surface area contributed by atoms with Crippen molar-refractivity contribution in [1.29, 1.82) is 0 Å². The summed E-state index contributed by atoms with van der Waals surface area (Å²) in [6, 6.07) is 7.80. The zero-order valence-corrected chi connectivity index (χ0v) is 9.19. The number of benzene rings is 1. The fraction of sp³-hybridized carbons (Fsp3) is 0. The molecule has 2 rings (SSSR count). The van der Waals surface area contributed by atoms with Gasteiger partial charge >= 0.3 is 66.3 Å². The molecule has 0 fully saturated rings. The molecule has 0 aliphatic carbocycles. The van der Waals surface area contributed by atoms with Crippen molar-refractivity contribution in [2.75, 3.05) is 0 Å². The van der Waals surface area contributed by atoms with Crippen molar-refractivity contribution in [2.24, 2.45) is 0 Å². The third kappa shape index (κ3) is 0.911. The Labute approximate surface area is 66.3 Å². The summed E-state index contributed by atoms with van der Waals surface area (Å²) in [5.41, 5.74) is 0. The molecule has 0 bridgehead atoms. The molecule has 1 heterocycles. The molecule has 1 aliphatic heterocycles. The standard InChI is InChI=1S/C6H6O2.Tl/c7-5-3-1-2-4-6(5)8;/h1-4,7-8H;/q;+2/p-2. The fourth-order valence-electron chi connectivity index (χ4n) is 0.773. The first kappa shape index (κ1) is 5.52. The molecule has 0 aromatic heterocycles. The van der Waals surface area contributed by atoms with Crippen LogP contribution in [0.2, 0.25) is 0 Å². The molecule has 1 aromatic rings. The Balaban J connectivity index is 2.54. The molecule has 0 saturated heterocycles. The van der Waals surface area contributed by atoms with Crippen LogP contribution in [0, 0.1) is 0 Å². The average Bonchev–Trinajstić information content (AvgIpc) is 2.33. The Morgan fingerprint density at radius 1 is 1.00 bits per heavy atom. The predicted molar refractivity (Wildman–Crippen MR) is 33.5 cm³/mol. The van der Waals surface area contributed by atoms with Crippen LogP contribution in [-0.2, 0) is 0 Å². The second-order valence-corrected chi connectivity index (χ2v) is 4.36. The minimum atomic E-state index is -1.25. The van der Waals surface area contributed by atoms with Gasteiger partial charge in [-0.1, -0.05) is 0 Å². The summed E-state index contributed by atoms with van der Waals surface area (Å²) in [4.78, 5) is 0. The van der Waals surface area contributed by atoms with Crippen LogP contribution >= 0.6 is 0 Å². The minimum absolute atomic E-state index is 0.938. The Morgan fingerprint density at radius 2 is 1.56 bits per heavy atom. The van der Waals surface area contributed by atoms with Gasteiger partial charge in [0.2, 0.25) is 0 Å². The average molecular weight is 312 g/mol. The van der Waals surface area contributed by atoms with Crippen LogP contribution in [0.1, 0.15) is 0 Å². The normalized spacial score (nSPS) is 12.0. The van der Waals surface area contributed by atoms with Crippen LogP contribution in [0.25, 0.3) is 0 Å². The topological polar surface area (TPSA) is 18.5 Å². The van der Waals surface area contributed by atoms with E-state index in [1.54, 1.807) is 0 Å². The van der Waals surface area contributed by atoms with Crippen molar-refractivity contribution in [3.63, 3.8) is 0 Å². The SMILES string of the molecule is c1ccc2c(c1)[O][Tl][O]2. The molecule has 2 nitrogen and oxygen atoms in total. The van der Waals surface area contributed by atoms with Gasteiger partial charge < -0.3 is 0 Å². The Morgan fingerprint density at radius 3 is 2.11 bits per heavy atom. The molecule has 0 N–H and O–H groups in total. The van der Waals surface area contributed by atoms with E-state index in [1.165, 1.54) is 0 Å². The number of hydrogen-bond acceptors (Lipinski definition) is 2. The number of rotatable bonds is 0. The van der Waals surface area contributed by atoms with Crippen LogP contribution in [0.15, 0.2) is 24.3 Å². The van der Waals surface area contributed by atoms with E-state index >= 15 is 0 Å². The summed E-state index contributed by atoms with van der Waals surface area (Å²) in [5.74, 6) is 1.88. The number of hydrogen-bond donors (Lipinski definition) is 0. The molecule has 0 spiro atoms. The van der Waals surface area contributed by atoms with Crippen molar-refractivity contribution >= 4 is 25.1 Å². The van der Waals surface area contributed by atoms with Crippen molar-refractivity contribution in [1.82, 2.24) is 0 Å². The molecule has 0 amide bonds. The maximum absolute atomic E-state index is 5.28. The molecule has 1 aliphatic rings. The molecular weight excluding hydrogens is 308 g/mol. The predicted octanol–water partition coefficient (Wildman–Crippen LogP) is 0.992. The van der Waals surface area contributed by atoms with Gasteiger partial charge in [-0.05, 0) is 0 Å². The van der Waals surface area contributed by atoms with E-state index in [1.807, 2.05) is 24.3 Å². The molecule has 43 valence electrons. The second kappa shape index (κ2) is 2.17. The summed E-state index contributed by atoms with van der Waals surface area (Å²) in [6.07, 6.45) is 0. The van der Waals surface area contributed by atoms with E-state index in [0.717, 1.165) is 11.5 Å². The van der Waals surface area contributed by atoms with E-state index in [-0.39, 0.29) is 0 Å². The molecule has 0 unspecified atom stereocenters. The maximum atomic E-state index is 5.28. The van der Waals surface area contributed by atoms with Gasteiger partial charge in [-0.25, -0.2) is 0 Å². The first-order valence-electron chi connectivity index (χ1n) is 2.71. The molecular formula is C6H4O2Tl. The van der Waals surface area contributed by atoms with Crippen LogP contribution in [-0.4, -0.2) is 25.1 Å². The Kier molecular flexibility index (Phi) is 1.33. The first-order valence-corrected chi connectivity index (χ1v) is 6.37. The van der Waals surface area contributed by atoms with Gasteiger partial charge in [0.15, 0.2) is 0 Å². The Hall–Kier alpha value is -0.258. The molecule has 3 heteroatoms. The van der Waals surface area contributed by atoms with Crippen LogP contribution in [0.3, 0.4) is 0 Å². The van der Waals surface area contributed by atoms with Crippen LogP contribution in [0.5, 0.6) is 11.5 Å². The second-order valence-electron chi connectivity index (χ2n) is 1.78. The molecule has 1 aromatic carbocycles. The summed E-state index contributed by atoms with van der Waals surface area (Å²) < 4.78 is 10.6. The van der Waals surface area contributed by atoms with Crippen LogP contribution in [0.4, 0.5) is 0 Å². The van der Waals surface area contributed by atoms with E-state index in [9.17, 15) is 0 Å². The quantitative estimate of drug-likeness (QED) is 0.665. The molecule has 0 atom stereocenters. The number of para-hydroxylation sites is 2. The van der Waals surface area contributed by atoms with Crippen molar-refractivity contribution in [3.8, 4) is 11.5 Å². The third-order valence-corrected chi connectivity index (χ3v) is 3.92. The van der Waals surface area contributed by atoms with E-state index in [0.29, 0.717) is 0 Å². The first-order chi connectivity index (χ1) is 4.47. The van der Waals surface area contributed by atoms with E-state index in [2.05, 4.69) is 0 Å². The van der Waals surface area contributed by atoms with Crippen molar-refractivity contribution in [3.05, 3.63) is 24.3 Å². The molecule has 9 heavy (non-hydrogen) atoms. The Bertz CT molecular complexity index is 201. The molecule has 0 radical (unpaired) electrons. The third-order valence-electron chi connectivity index (χ3n) is 1.20. The van der Waals surface area contributed by atoms with Gasteiger partial charge in [-0.2, -0.15) is 0 Å².